The standard InChI is InChI=1S/C13H14Cl3NO2/c1-7-3-2-4-17(6-7)13(19)10-11(16)8(14)5-9(15)12(10)18/h5,7,18H,2-4,6H2,1H3. The molecule has 1 fully saturated rings. The molecule has 1 saturated heterocycles. The maximum absolute atomic E-state index is 12.5. The van der Waals surface area contributed by atoms with Crippen molar-refractivity contribution in [2.75, 3.05) is 13.1 Å². The summed E-state index contributed by atoms with van der Waals surface area (Å²) in [4.78, 5) is 14.1. The fraction of sp³-hybridized carbons (Fsp3) is 0.462. The van der Waals surface area contributed by atoms with Crippen LogP contribution < -0.4 is 0 Å². The Morgan fingerprint density at radius 3 is 2.68 bits per heavy atom. The van der Waals surface area contributed by atoms with E-state index in [4.69, 9.17) is 34.8 Å². The van der Waals surface area contributed by atoms with E-state index < -0.39 is 0 Å². The van der Waals surface area contributed by atoms with Crippen molar-refractivity contribution >= 4 is 40.7 Å². The van der Waals surface area contributed by atoms with Gasteiger partial charge in [-0.2, -0.15) is 0 Å². The quantitative estimate of drug-likeness (QED) is 0.786. The third-order valence-electron chi connectivity index (χ3n) is 3.30. The summed E-state index contributed by atoms with van der Waals surface area (Å²) < 4.78 is 0. The van der Waals surface area contributed by atoms with Gasteiger partial charge in [0.05, 0.1) is 15.1 Å². The summed E-state index contributed by atoms with van der Waals surface area (Å²) in [7, 11) is 0. The van der Waals surface area contributed by atoms with Gasteiger partial charge in [-0.25, -0.2) is 0 Å². The van der Waals surface area contributed by atoms with Crippen molar-refractivity contribution in [3.8, 4) is 5.75 Å². The summed E-state index contributed by atoms with van der Waals surface area (Å²) in [6.45, 7) is 3.40. The number of aromatic hydroxyl groups is 1. The summed E-state index contributed by atoms with van der Waals surface area (Å²) >= 11 is 17.8. The molecule has 0 aromatic heterocycles. The molecule has 19 heavy (non-hydrogen) atoms. The van der Waals surface area contributed by atoms with E-state index in [9.17, 15) is 9.90 Å². The highest BCUT2D eigenvalue weighted by Crippen LogP contribution is 2.39. The van der Waals surface area contributed by atoms with E-state index in [-0.39, 0.29) is 32.3 Å². The average Bonchev–Trinajstić information content (AvgIpc) is 2.36. The molecule has 1 amide bonds. The molecule has 104 valence electrons. The zero-order valence-electron chi connectivity index (χ0n) is 10.4. The topological polar surface area (TPSA) is 40.5 Å². The van der Waals surface area contributed by atoms with Gasteiger partial charge in [-0.3, -0.25) is 4.79 Å². The Morgan fingerprint density at radius 1 is 1.37 bits per heavy atom. The highest BCUT2D eigenvalue weighted by molar-refractivity contribution is 6.45. The van der Waals surface area contributed by atoms with Gasteiger partial charge in [-0.15, -0.1) is 0 Å². The fourth-order valence-electron chi connectivity index (χ4n) is 2.31. The lowest BCUT2D eigenvalue weighted by Gasteiger charge is -2.31. The van der Waals surface area contributed by atoms with Crippen LogP contribution in [0.5, 0.6) is 5.75 Å². The van der Waals surface area contributed by atoms with Crippen molar-refractivity contribution in [1.82, 2.24) is 4.90 Å². The van der Waals surface area contributed by atoms with Gasteiger partial charge < -0.3 is 10.0 Å². The van der Waals surface area contributed by atoms with E-state index in [1.165, 1.54) is 6.07 Å². The number of hydrogen-bond donors (Lipinski definition) is 1. The number of likely N-dealkylation sites (tertiary alicyclic amines) is 1. The number of phenols is 1. The van der Waals surface area contributed by atoms with Crippen LogP contribution in [0.3, 0.4) is 0 Å². The predicted octanol–water partition coefficient (Wildman–Crippen LogP) is 4.22. The molecular formula is C13H14Cl3NO2. The monoisotopic (exact) mass is 321 g/mol. The zero-order valence-corrected chi connectivity index (χ0v) is 12.7. The van der Waals surface area contributed by atoms with Crippen molar-refractivity contribution in [1.29, 1.82) is 0 Å². The number of amides is 1. The molecule has 0 bridgehead atoms. The van der Waals surface area contributed by atoms with Crippen LogP contribution in [0, 0.1) is 5.92 Å². The average molecular weight is 323 g/mol. The Kier molecular flexibility index (Phi) is 4.49. The molecule has 1 aromatic rings. The Hall–Kier alpha value is -0.640. The van der Waals surface area contributed by atoms with E-state index in [2.05, 4.69) is 6.92 Å². The maximum atomic E-state index is 12.5. The minimum Gasteiger partial charge on any atom is -0.505 e. The maximum Gasteiger partial charge on any atom is 0.259 e. The van der Waals surface area contributed by atoms with E-state index in [1.54, 1.807) is 4.90 Å². The highest BCUT2D eigenvalue weighted by atomic mass is 35.5. The second-order valence-corrected chi connectivity index (χ2v) is 6.07. The van der Waals surface area contributed by atoms with Crippen molar-refractivity contribution in [2.24, 2.45) is 5.92 Å². The Balaban J connectivity index is 2.38. The lowest BCUT2D eigenvalue weighted by atomic mass is 9.99. The van der Waals surface area contributed by atoms with Gasteiger partial charge in [0.2, 0.25) is 0 Å². The second kappa shape index (κ2) is 5.78. The number of phenolic OH excluding ortho intramolecular Hbond substituents is 1. The minimum atomic E-state index is -0.321. The zero-order chi connectivity index (χ0) is 14.2. The van der Waals surface area contributed by atoms with E-state index >= 15 is 0 Å². The van der Waals surface area contributed by atoms with Gasteiger partial charge in [0.1, 0.15) is 11.3 Å². The van der Waals surface area contributed by atoms with E-state index in [1.807, 2.05) is 0 Å². The third kappa shape index (κ3) is 2.93. The summed E-state index contributed by atoms with van der Waals surface area (Å²) in [6.07, 6.45) is 2.04. The molecule has 0 spiro atoms. The largest absolute Gasteiger partial charge is 0.505 e. The number of carbonyl (C=O) groups excluding carboxylic acids is 1. The predicted molar refractivity (Wildman–Crippen MR) is 77.4 cm³/mol. The molecule has 1 heterocycles. The first-order valence-corrected chi connectivity index (χ1v) is 7.21. The van der Waals surface area contributed by atoms with Gasteiger partial charge >= 0.3 is 0 Å². The second-order valence-electron chi connectivity index (χ2n) is 4.88. The molecule has 2 rings (SSSR count). The van der Waals surface area contributed by atoms with Crippen LogP contribution in [-0.2, 0) is 0 Å². The van der Waals surface area contributed by atoms with Crippen molar-refractivity contribution in [3.63, 3.8) is 0 Å². The van der Waals surface area contributed by atoms with E-state index in [0.29, 0.717) is 19.0 Å². The van der Waals surface area contributed by atoms with Crippen LogP contribution in [0.4, 0.5) is 0 Å². The Labute approximate surface area is 127 Å². The van der Waals surface area contributed by atoms with Crippen molar-refractivity contribution < 1.29 is 9.90 Å². The third-order valence-corrected chi connectivity index (χ3v) is 4.38. The van der Waals surface area contributed by atoms with Gasteiger partial charge in [0.25, 0.3) is 5.91 Å². The fourth-order valence-corrected chi connectivity index (χ4v) is 3.00. The molecule has 1 unspecified atom stereocenters. The number of halogens is 3. The number of rotatable bonds is 1. The SMILES string of the molecule is CC1CCCN(C(=O)c2c(O)c(Cl)cc(Cl)c2Cl)C1. The molecule has 1 N–H and O–H groups in total. The lowest BCUT2D eigenvalue weighted by Crippen LogP contribution is -2.39. The minimum absolute atomic E-state index is 0.00623. The van der Waals surface area contributed by atoms with Crippen LogP contribution in [-0.4, -0.2) is 29.0 Å². The summed E-state index contributed by atoms with van der Waals surface area (Å²) in [5.41, 5.74) is -0.00623. The molecule has 1 atom stereocenters. The molecule has 0 radical (unpaired) electrons. The molecule has 0 aliphatic carbocycles. The van der Waals surface area contributed by atoms with Crippen LogP contribution >= 0.6 is 34.8 Å². The van der Waals surface area contributed by atoms with Gasteiger partial charge in [-0.1, -0.05) is 41.7 Å². The molecule has 1 aliphatic rings. The smallest absolute Gasteiger partial charge is 0.259 e. The van der Waals surface area contributed by atoms with Crippen LogP contribution in [0.15, 0.2) is 6.07 Å². The van der Waals surface area contributed by atoms with Gasteiger partial charge in [0.15, 0.2) is 0 Å². The molecular weight excluding hydrogens is 309 g/mol. The Morgan fingerprint density at radius 2 is 2.05 bits per heavy atom. The van der Waals surface area contributed by atoms with Crippen LogP contribution in [0.2, 0.25) is 15.1 Å². The van der Waals surface area contributed by atoms with Gasteiger partial charge in [-0.05, 0) is 24.8 Å². The van der Waals surface area contributed by atoms with E-state index in [0.717, 1.165) is 12.8 Å². The number of benzene rings is 1. The van der Waals surface area contributed by atoms with Crippen molar-refractivity contribution in [3.05, 3.63) is 26.7 Å². The number of carbonyl (C=O) groups is 1. The molecule has 3 nitrogen and oxygen atoms in total. The number of hydrogen-bond acceptors (Lipinski definition) is 2. The Bertz CT molecular complexity index is 493. The first-order chi connectivity index (χ1) is 8.91. The summed E-state index contributed by atoms with van der Waals surface area (Å²) in [5.74, 6) is -0.189. The van der Waals surface area contributed by atoms with Crippen LogP contribution in [0.1, 0.15) is 30.1 Å². The first kappa shape index (κ1) is 14.8. The number of nitrogens with zero attached hydrogens (tertiary/aromatic N) is 1. The highest BCUT2D eigenvalue weighted by Gasteiger charge is 2.28. The molecule has 1 aliphatic heterocycles. The molecule has 6 heteroatoms. The normalized spacial score (nSPS) is 19.6. The summed E-state index contributed by atoms with van der Waals surface area (Å²) in [6, 6.07) is 1.33. The van der Waals surface area contributed by atoms with Crippen LogP contribution in [0.25, 0.3) is 0 Å². The first-order valence-electron chi connectivity index (χ1n) is 6.07. The summed E-state index contributed by atoms with van der Waals surface area (Å²) in [5, 5.41) is 10.2. The molecule has 0 saturated carbocycles. The van der Waals surface area contributed by atoms with Gasteiger partial charge in [0, 0.05) is 13.1 Å². The lowest BCUT2D eigenvalue weighted by molar-refractivity contribution is 0.0680. The molecule has 1 aromatic carbocycles. The van der Waals surface area contributed by atoms with Crippen molar-refractivity contribution in [2.45, 2.75) is 19.8 Å². The number of piperidine rings is 1.